The molecular formula is C22H28N2O2. The van der Waals surface area contributed by atoms with E-state index in [-0.39, 0.29) is 17.9 Å². The normalized spacial score (nSPS) is 13.6. The summed E-state index contributed by atoms with van der Waals surface area (Å²) in [7, 11) is 0. The van der Waals surface area contributed by atoms with Gasteiger partial charge < -0.3 is 10.6 Å². The highest BCUT2D eigenvalue weighted by Gasteiger charge is 2.33. The molecule has 138 valence electrons. The van der Waals surface area contributed by atoms with Gasteiger partial charge in [0.25, 0.3) is 5.91 Å². The highest BCUT2D eigenvalue weighted by Crippen LogP contribution is 2.22. The number of hydrogen-bond acceptors (Lipinski definition) is 2. The van der Waals surface area contributed by atoms with Crippen LogP contribution in [-0.2, 0) is 4.79 Å². The van der Waals surface area contributed by atoms with Crippen LogP contribution < -0.4 is 10.6 Å². The van der Waals surface area contributed by atoms with E-state index in [0.29, 0.717) is 5.56 Å². The fourth-order valence-electron chi connectivity index (χ4n) is 2.71. The van der Waals surface area contributed by atoms with E-state index in [4.69, 9.17) is 0 Å². The molecule has 4 nitrogen and oxygen atoms in total. The van der Waals surface area contributed by atoms with Gasteiger partial charge in [0.2, 0.25) is 5.91 Å². The van der Waals surface area contributed by atoms with Crippen molar-refractivity contribution in [2.45, 2.75) is 46.7 Å². The van der Waals surface area contributed by atoms with Crippen LogP contribution in [0.2, 0.25) is 0 Å². The molecule has 2 N–H and O–H groups in total. The number of carbonyl (C=O) groups excluding carboxylic acids is 2. The highest BCUT2D eigenvalue weighted by molar-refractivity contribution is 5.97. The molecule has 0 fully saturated rings. The zero-order valence-corrected chi connectivity index (χ0v) is 16.2. The van der Waals surface area contributed by atoms with Crippen molar-refractivity contribution in [2.24, 2.45) is 5.41 Å². The van der Waals surface area contributed by atoms with Crippen molar-refractivity contribution in [3.05, 3.63) is 71.3 Å². The lowest BCUT2D eigenvalue weighted by Gasteiger charge is -2.31. The molecule has 0 heterocycles. The number of benzene rings is 2. The quantitative estimate of drug-likeness (QED) is 0.854. The van der Waals surface area contributed by atoms with Gasteiger partial charge in [-0.1, -0.05) is 68.8 Å². The Kier molecular flexibility index (Phi) is 6.19. The molecule has 0 saturated carbocycles. The van der Waals surface area contributed by atoms with Gasteiger partial charge in [-0.15, -0.1) is 0 Å². The Bertz CT molecular complexity index is 746. The first kappa shape index (κ1) is 19.7. The lowest BCUT2D eigenvalue weighted by Crippen LogP contribution is -2.53. The molecular weight excluding hydrogens is 324 g/mol. The third-order valence-corrected chi connectivity index (χ3v) is 4.38. The second kappa shape index (κ2) is 8.17. The van der Waals surface area contributed by atoms with E-state index in [0.717, 1.165) is 5.56 Å². The van der Waals surface area contributed by atoms with Gasteiger partial charge in [0.15, 0.2) is 0 Å². The standard InChI is InChI=1S/C22H28N2O2/c1-15-11-13-17(14-12-15)16(2)23-21(26)19(22(3,4)5)24-20(25)18-9-7-6-8-10-18/h6-14,16,19H,1-5H3,(H,23,26)(H,24,25). The maximum atomic E-state index is 12.9. The van der Waals surface area contributed by atoms with Crippen molar-refractivity contribution in [1.82, 2.24) is 10.6 Å². The van der Waals surface area contributed by atoms with E-state index in [1.807, 2.05) is 65.0 Å². The number of amides is 2. The zero-order valence-electron chi connectivity index (χ0n) is 16.2. The molecule has 0 aliphatic carbocycles. The van der Waals surface area contributed by atoms with Gasteiger partial charge in [-0.2, -0.15) is 0 Å². The van der Waals surface area contributed by atoms with E-state index in [2.05, 4.69) is 10.6 Å². The lowest BCUT2D eigenvalue weighted by molar-refractivity contribution is -0.126. The van der Waals surface area contributed by atoms with Gasteiger partial charge in [0, 0.05) is 5.56 Å². The molecule has 2 aromatic carbocycles. The summed E-state index contributed by atoms with van der Waals surface area (Å²) in [6.45, 7) is 9.81. The second-order valence-corrected chi connectivity index (χ2v) is 7.78. The van der Waals surface area contributed by atoms with E-state index in [1.54, 1.807) is 24.3 Å². The molecule has 0 bridgehead atoms. The number of hydrogen-bond donors (Lipinski definition) is 2. The summed E-state index contributed by atoms with van der Waals surface area (Å²) < 4.78 is 0. The number of rotatable bonds is 5. The minimum absolute atomic E-state index is 0.137. The first-order chi connectivity index (χ1) is 12.2. The highest BCUT2D eigenvalue weighted by atomic mass is 16.2. The van der Waals surface area contributed by atoms with E-state index in [1.165, 1.54) is 5.56 Å². The van der Waals surface area contributed by atoms with Crippen molar-refractivity contribution in [3.8, 4) is 0 Å². The molecule has 0 spiro atoms. The molecule has 0 aromatic heterocycles. The minimum Gasteiger partial charge on any atom is -0.348 e. The molecule has 2 amide bonds. The summed E-state index contributed by atoms with van der Waals surface area (Å²) >= 11 is 0. The molecule has 2 rings (SSSR count). The molecule has 26 heavy (non-hydrogen) atoms. The van der Waals surface area contributed by atoms with E-state index in [9.17, 15) is 9.59 Å². The third-order valence-electron chi connectivity index (χ3n) is 4.38. The smallest absolute Gasteiger partial charge is 0.251 e. The number of carbonyl (C=O) groups is 2. The Labute approximate surface area is 156 Å². The maximum Gasteiger partial charge on any atom is 0.251 e. The first-order valence-corrected chi connectivity index (χ1v) is 8.91. The summed E-state index contributed by atoms with van der Waals surface area (Å²) in [6, 6.07) is 16.2. The number of nitrogens with one attached hydrogen (secondary N) is 2. The average Bonchev–Trinajstić information content (AvgIpc) is 2.59. The van der Waals surface area contributed by atoms with Crippen LogP contribution >= 0.6 is 0 Å². The summed E-state index contributed by atoms with van der Waals surface area (Å²) in [6.07, 6.45) is 0. The second-order valence-electron chi connectivity index (χ2n) is 7.78. The van der Waals surface area contributed by atoms with Gasteiger partial charge in [0.05, 0.1) is 6.04 Å². The Hall–Kier alpha value is -2.62. The summed E-state index contributed by atoms with van der Waals surface area (Å²) in [5.74, 6) is -0.432. The maximum absolute atomic E-state index is 12.9. The fourth-order valence-corrected chi connectivity index (χ4v) is 2.71. The van der Waals surface area contributed by atoms with E-state index < -0.39 is 11.5 Å². The third kappa shape index (κ3) is 5.19. The van der Waals surface area contributed by atoms with Crippen LogP contribution in [-0.4, -0.2) is 17.9 Å². The fraction of sp³-hybridized carbons (Fsp3) is 0.364. The van der Waals surface area contributed by atoms with Crippen LogP contribution in [0.25, 0.3) is 0 Å². The van der Waals surface area contributed by atoms with Crippen LogP contribution in [0, 0.1) is 12.3 Å². The van der Waals surface area contributed by atoms with Crippen LogP contribution in [0.1, 0.15) is 55.2 Å². The van der Waals surface area contributed by atoms with Gasteiger partial charge in [-0.05, 0) is 37.0 Å². The molecule has 2 atom stereocenters. The Morgan fingerprint density at radius 3 is 2.00 bits per heavy atom. The summed E-state index contributed by atoms with van der Waals surface area (Å²) in [5, 5.41) is 5.91. The summed E-state index contributed by atoms with van der Waals surface area (Å²) in [4.78, 5) is 25.4. The van der Waals surface area contributed by atoms with Gasteiger partial charge in [-0.25, -0.2) is 0 Å². The van der Waals surface area contributed by atoms with Crippen LogP contribution in [0.15, 0.2) is 54.6 Å². The van der Waals surface area contributed by atoms with Crippen molar-refractivity contribution in [2.75, 3.05) is 0 Å². The van der Waals surface area contributed by atoms with Crippen LogP contribution in [0.3, 0.4) is 0 Å². The summed E-state index contributed by atoms with van der Waals surface area (Å²) in [5.41, 5.74) is 2.34. The first-order valence-electron chi connectivity index (χ1n) is 8.91. The Morgan fingerprint density at radius 1 is 0.885 bits per heavy atom. The lowest BCUT2D eigenvalue weighted by atomic mass is 9.85. The number of aryl methyl sites for hydroxylation is 1. The topological polar surface area (TPSA) is 58.2 Å². The minimum atomic E-state index is -0.636. The Morgan fingerprint density at radius 2 is 1.46 bits per heavy atom. The van der Waals surface area contributed by atoms with Crippen molar-refractivity contribution in [1.29, 1.82) is 0 Å². The van der Waals surface area contributed by atoms with Gasteiger partial charge >= 0.3 is 0 Å². The molecule has 0 aliphatic heterocycles. The predicted octanol–water partition coefficient (Wildman–Crippen LogP) is 4.02. The van der Waals surface area contributed by atoms with Crippen molar-refractivity contribution in [3.63, 3.8) is 0 Å². The van der Waals surface area contributed by atoms with Gasteiger partial charge in [0.1, 0.15) is 6.04 Å². The zero-order chi connectivity index (χ0) is 19.3. The largest absolute Gasteiger partial charge is 0.348 e. The molecule has 2 aromatic rings. The molecule has 0 radical (unpaired) electrons. The monoisotopic (exact) mass is 352 g/mol. The van der Waals surface area contributed by atoms with Crippen LogP contribution in [0.5, 0.6) is 0 Å². The molecule has 0 saturated heterocycles. The molecule has 4 heteroatoms. The average molecular weight is 352 g/mol. The Balaban J connectivity index is 2.12. The van der Waals surface area contributed by atoms with Crippen LogP contribution in [0.4, 0.5) is 0 Å². The predicted molar refractivity (Wildman–Crippen MR) is 105 cm³/mol. The van der Waals surface area contributed by atoms with Crippen molar-refractivity contribution >= 4 is 11.8 Å². The van der Waals surface area contributed by atoms with Gasteiger partial charge in [-0.3, -0.25) is 9.59 Å². The molecule has 2 unspecified atom stereocenters. The van der Waals surface area contributed by atoms with E-state index >= 15 is 0 Å². The molecule has 0 aliphatic rings. The SMILES string of the molecule is Cc1ccc(C(C)NC(=O)C(NC(=O)c2ccccc2)C(C)(C)C)cc1. The van der Waals surface area contributed by atoms with Crippen molar-refractivity contribution < 1.29 is 9.59 Å².